The summed E-state index contributed by atoms with van der Waals surface area (Å²) >= 11 is 0. The van der Waals surface area contributed by atoms with Crippen molar-refractivity contribution in [3.8, 4) is 11.4 Å². The van der Waals surface area contributed by atoms with Gasteiger partial charge in [0.15, 0.2) is 5.69 Å². The molecular weight excluding hydrogens is 383 g/mol. The molecule has 156 valence electrons. The molecule has 3 aromatic rings. The molecule has 1 aromatic heterocycles. The van der Waals surface area contributed by atoms with E-state index in [0.29, 0.717) is 24.5 Å². The summed E-state index contributed by atoms with van der Waals surface area (Å²) in [5, 5.41) is 4.31. The topological polar surface area (TPSA) is 50.6 Å². The highest BCUT2D eigenvalue weighted by molar-refractivity contribution is 5.92. The van der Waals surface area contributed by atoms with E-state index in [0.717, 1.165) is 31.8 Å². The van der Waals surface area contributed by atoms with Gasteiger partial charge in [-0.15, -0.1) is 0 Å². The van der Waals surface area contributed by atoms with E-state index in [2.05, 4.69) is 22.1 Å². The molecule has 0 saturated carbocycles. The van der Waals surface area contributed by atoms with Crippen LogP contribution in [0.2, 0.25) is 0 Å². The first-order chi connectivity index (χ1) is 14.6. The Balaban J connectivity index is 1.38. The summed E-state index contributed by atoms with van der Waals surface area (Å²) in [6, 6.07) is 16.1. The number of nitrogens with zero attached hydrogens (tertiary/aromatic N) is 4. The van der Waals surface area contributed by atoms with Crippen LogP contribution in [0.3, 0.4) is 0 Å². The number of aromatic nitrogens is 2. The number of carbonyl (C=O) groups is 1. The van der Waals surface area contributed by atoms with Gasteiger partial charge in [-0.2, -0.15) is 5.10 Å². The van der Waals surface area contributed by atoms with Crippen LogP contribution in [0.5, 0.6) is 5.75 Å². The predicted molar refractivity (Wildman–Crippen MR) is 112 cm³/mol. The maximum atomic E-state index is 14.0. The van der Waals surface area contributed by atoms with Crippen LogP contribution in [0.1, 0.15) is 22.5 Å². The highest BCUT2D eigenvalue weighted by Gasteiger charge is 2.22. The van der Waals surface area contributed by atoms with Gasteiger partial charge in [0.2, 0.25) is 0 Å². The Morgan fingerprint density at radius 3 is 2.60 bits per heavy atom. The normalized spacial score (nSPS) is 15.1. The van der Waals surface area contributed by atoms with Crippen molar-refractivity contribution < 1.29 is 13.9 Å². The number of methoxy groups -OCH3 is 1. The number of rotatable bonds is 5. The summed E-state index contributed by atoms with van der Waals surface area (Å²) in [6.07, 6.45) is 2.52. The van der Waals surface area contributed by atoms with Gasteiger partial charge in [0.25, 0.3) is 5.91 Å². The Hall–Kier alpha value is -3.19. The van der Waals surface area contributed by atoms with E-state index < -0.39 is 0 Å². The van der Waals surface area contributed by atoms with Gasteiger partial charge in [-0.05, 0) is 42.3 Å². The molecule has 7 heteroatoms. The van der Waals surface area contributed by atoms with E-state index in [1.165, 1.54) is 16.3 Å². The molecule has 1 amide bonds. The summed E-state index contributed by atoms with van der Waals surface area (Å²) in [5.74, 6) is 0.362. The maximum absolute atomic E-state index is 14.0. The van der Waals surface area contributed by atoms with Crippen molar-refractivity contribution in [2.45, 2.75) is 13.0 Å². The lowest BCUT2D eigenvalue weighted by Gasteiger charge is -2.21. The fourth-order valence-electron chi connectivity index (χ4n) is 3.69. The predicted octanol–water partition coefficient (Wildman–Crippen LogP) is 3.37. The molecule has 30 heavy (non-hydrogen) atoms. The first-order valence-corrected chi connectivity index (χ1v) is 10.1. The minimum atomic E-state index is -0.372. The van der Waals surface area contributed by atoms with Gasteiger partial charge in [0.05, 0.1) is 7.11 Å². The second kappa shape index (κ2) is 9.09. The fraction of sp³-hybridized carbons (Fsp3) is 0.304. The molecule has 0 atom stereocenters. The standard InChI is InChI=1S/C23H25FN4O2/c1-30-19-9-7-18(8-10-19)17-26-12-4-13-27(16-15-26)23(29)21-11-14-28(25-21)22-6-3-2-5-20(22)24/h2-3,5-11,14H,4,12-13,15-17H2,1H3. The smallest absolute Gasteiger partial charge is 0.274 e. The van der Waals surface area contributed by atoms with Gasteiger partial charge in [0.1, 0.15) is 17.3 Å². The SMILES string of the molecule is COc1ccc(CN2CCCN(C(=O)c3ccn(-c4ccccc4F)n3)CC2)cc1. The van der Waals surface area contributed by atoms with Gasteiger partial charge in [-0.25, -0.2) is 9.07 Å². The molecule has 2 aromatic carbocycles. The molecule has 0 unspecified atom stereocenters. The van der Waals surface area contributed by atoms with Crippen LogP contribution >= 0.6 is 0 Å². The Labute approximate surface area is 175 Å². The van der Waals surface area contributed by atoms with Crippen molar-refractivity contribution in [2.24, 2.45) is 0 Å². The molecule has 1 aliphatic heterocycles. The number of ether oxygens (including phenoxy) is 1. The van der Waals surface area contributed by atoms with Gasteiger partial charge in [-0.1, -0.05) is 24.3 Å². The van der Waals surface area contributed by atoms with Crippen LogP contribution in [0.4, 0.5) is 4.39 Å². The lowest BCUT2D eigenvalue weighted by atomic mass is 10.2. The Bertz CT molecular complexity index is 1000. The molecule has 1 aliphatic rings. The molecule has 4 rings (SSSR count). The van der Waals surface area contributed by atoms with Crippen LogP contribution in [-0.4, -0.2) is 58.8 Å². The van der Waals surface area contributed by atoms with Crippen LogP contribution in [0, 0.1) is 5.82 Å². The van der Waals surface area contributed by atoms with Gasteiger partial charge in [-0.3, -0.25) is 9.69 Å². The Kier molecular flexibility index (Phi) is 6.09. The molecule has 0 spiro atoms. The number of para-hydroxylation sites is 1. The Morgan fingerprint density at radius 1 is 1.03 bits per heavy atom. The van der Waals surface area contributed by atoms with Crippen LogP contribution in [0.25, 0.3) is 5.69 Å². The van der Waals surface area contributed by atoms with Gasteiger partial charge in [0, 0.05) is 38.9 Å². The van der Waals surface area contributed by atoms with Crippen molar-refractivity contribution in [2.75, 3.05) is 33.3 Å². The number of amides is 1. The maximum Gasteiger partial charge on any atom is 0.274 e. The fourth-order valence-corrected chi connectivity index (χ4v) is 3.69. The third kappa shape index (κ3) is 4.52. The minimum absolute atomic E-state index is 0.114. The summed E-state index contributed by atoms with van der Waals surface area (Å²) in [5.41, 5.74) is 1.89. The first kappa shape index (κ1) is 20.1. The van der Waals surface area contributed by atoms with E-state index in [9.17, 15) is 9.18 Å². The van der Waals surface area contributed by atoms with E-state index in [1.807, 2.05) is 17.0 Å². The van der Waals surface area contributed by atoms with Crippen molar-refractivity contribution in [3.05, 3.63) is 77.9 Å². The van der Waals surface area contributed by atoms with Crippen molar-refractivity contribution in [1.82, 2.24) is 19.6 Å². The largest absolute Gasteiger partial charge is 0.497 e. The summed E-state index contributed by atoms with van der Waals surface area (Å²) in [7, 11) is 1.66. The number of hydrogen-bond acceptors (Lipinski definition) is 4. The quantitative estimate of drug-likeness (QED) is 0.650. The highest BCUT2D eigenvalue weighted by atomic mass is 19.1. The zero-order valence-corrected chi connectivity index (χ0v) is 17.0. The number of carbonyl (C=O) groups excluding carboxylic acids is 1. The first-order valence-electron chi connectivity index (χ1n) is 10.1. The molecule has 0 radical (unpaired) electrons. The molecular formula is C23H25FN4O2. The summed E-state index contributed by atoms with van der Waals surface area (Å²) in [6.45, 7) is 3.89. The molecule has 2 heterocycles. The average molecular weight is 408 g/mol. The third-order valence-corrected chi connectivity index (χ3v) is 5.35. The minimum Gasteiger partial charge on any atom is -0.497 e. The average Bonchev–Trinajstić information content (AvgIpc) is 3.14. The molecule has 6 nitrogen and oxygen atoms in total. The lowest BCUT2D eigenvalue weighted by molar-refractivity contribution is 0.0754. The number of benzene rings is 2. The van der Waals surface area contributed by atoms with Crippen molar-refractivity contribution >= 4 is 5.91 Å². The zero-order valence-electron chi connectivity index (χ0n) is 17.0. The second-order valence-electron chi connectivity index (χ2n) is 7.37. The number of halogens is 1. The van der Waals surface area contributed by atoms with E-state index in [4.69, 9.17) is 4.74 Å². The molecule has 0 aliphatic carbocycles. The monoisotopic (exact) mass is 408 g/mol. The molecule has 1 saturated heterocycles. The Morgan fingerprint density at radius 2 is 1.83 bits per heavy atom. The van der Waals surface area contributed by atoms with E-state index >= 15 is 0 Å². The molecule has 1 fully saturated rings. The van der Waals surface area contributed by atoms with Crippen LogP contribution < -0.4 is 4.74 Å². The molecule has 0 N–H and O–H groups in total. The third-order valence-electron chi connectivity index (χ3n) is 5.35. The van der Waals surface area contributed by atoms with Crippen molar-refractivity contribution in [1.29, 1.82) is 0 Å². The van der Waals surface area contributed by atoms with Crippen LogP contribution in [0.15, 0.2) is 60.8 Å². The summed E-state index contributed by atoms with van der Waals surface area (Å²) in [4.78, 5) is 17.1. The second-order valence-corrected chi connectivity index (χ2v) is 7.37. The van der Waals surface area contributed by atoms with Gasteiger partial charge >= 0.3 is 0 Å². The lowest BCUT2D eigenvalue weighted by Crippen LogP contribution is -2.35. The van der Waals surface area contributed by atoms with Crippen molar-refractivity contribution in [3.63, 3.8) is 0 Å². The van der Waals surface area contributed by atoms with Crippen LogP contribution in [-0.2, 0) is 6.54 Å². The zero-order chi connectivity index (χ0) is 20.9. The number of hydrogen-bond donors (Lipinski definition) is 0. The molecule has 0 bridgehead atoms. The van der Waals surface area contributed by atoms with E-state index in [-0.39, 0.29) is 11.7 Å². The summed E-state index contributed by atoms with van der Waals surface area (Å²) < 4.78 is 20.6. The van der Waals surface area contributed by atoms with E-state index in [1.54, 1.807) is 37.6 Å². The highest BCUT2D eigenvalue weighted by Crippen LogP contribution is 2.16. The van der Waals surface area contributed by atoms with Gasteiger partial charge < -0.3 is 9.64 Å².